The van der Waals surface area contributed by atoms with Gasteiger partial charge in [0, 0.05) is 5.02 Å². The van der Waals surface area contributed by atoms with E-state index >= 15 is 0 Å². The van der Waals surface area contributed by atoms with Crippen LogP contribution >= 0.6 is 11.6 Å². The topological polar surface area (TPSA) is 55.7 Å². The number of halogens is 1. The Balaban J connectivity index is 2.15. The van der Waals surface area contributed by atoms with Gasteiger partial charge in [-0.05, 0) is 55.3 Å². The van der Waals surface area contributed by atoms with Crippen molar-refractivity contribution in [2.45, 2.75) is 13.8 Å². The van der Waals surface area contributed by atoms with E-state index in [0.717, 1.165) is 0 Å². The van der Waals surface area contributed by atoms with Gasteiger partial charge in [0.1, 0.15) is 5.71 Å². The highest BCUT2D eigenvalue weighted by Gasteiger charge is 2.14. The largest absolute Gasteiger partial charge is 0.365 e. The molecule has 0 atom stereocenters. The second-order valence-electron chi connectivity index (χ2n) is 4.38. The van der Waals surface area contributed by atoms with E-state index in [1.807, 2.05) is 0 Å². The molecule has 1 aliphatic rings. The van der Waals surface area contributed by atoms with Gasteiger partial charge in [0.05, 0.1) is 5.56 Å². The van der Waals surface area contributed by atoms with E-state index in [1.54, 1.807) is 38.1 Å². The van der Waals surface area contributed by atoms with Gasteiger partial charge in [-0.25, -0.2) is 4.79 Å². The van der Waals surface area contributed by atoms with Crippen LogP contribution in [0.1, 0.15) is 24.2 Å². The Morgan fingerprint density at radius 3 is 2.65 bits per heavy atom. The number of hydrogen-bond acceptors (Lipinski definition) is 4. The number of carbonyl (C=O) groups excluding carboxylic acids is 2. The molecule has 2 rings (SSSR count). The molecule has 1 aliphatic carbocycles. The van der Waals surface area contributed by atoms with Gasteiger partial charge in [-0.15, -0.1) is 0 Å². The van der Waals surface area contributed by atoms with Crippen LogP contribution in [-0.2, 0) is 9.63 Å². The molecule has 0 radical (unpaired) electrons. The van der Waals surface area contributed by atoms with Gasteiger partial charge in [-0.3, -0.25) is 4.79 Å². The van der Waals surface area contributed by atoms with Crippen molar-refractivity contribution < 1.29 is 14.4 Å². The third-order valence-electron chi connectivity index (χ3n) is 2.78. The lowest BCUT2D eigenvalue weighted by Crippen LogP contribution is -2.11. The number of rotatable bonds is 2. The molecule has 4 nitrogen and oxygen atoms in total. The minimum Gasteiger partial charge on any atom is -0.312 e. The molecule has 0 fully saturated rings. The molecule has 0 aliphatic heterocycles. The highest BCUT2D eigenvalue weighted by atomic mass is 35.5. The number of ketones is 1. The van der Waals surface area contributed by atoms with E-state index in [-0.39, 0.29) is 5.78 Å². The van der Waals surface area contributed by atoms with Crippen LogP contribution in [0.2, 0.25) is 5.02 Å². The molecule has 0 spiro atoms. The molecule has 0 unspecified atom stereocenters. The van der Waals surface area contributed by atoms with Gasteiger partial charge in [0.25, 0.3) is 0 Å². The summed E-state index contributed by atoms with van der Waals surface area (Å²) in [4.78, 5) is 28.1. The highest BCUT2D eigenvalue weighted by Crippen LogP contribution is 2.14. The molecule has 5 heteroatoms. The second kappa shape index (κ2) is 5.84. The van der Waals surface area contributed by atoms with Gasteiger partial charge >= 0.3 is 5.97 Å². The summed E-state index contributed by atoms with van der Waals surface area (Å²) in [5, 5.41) is 4.23. The Kier molecular flexibility index (Phi) is 4.15. The standard InChI is InChI=1S/C15H12ClNO3/c1-9-7-14(18)10(2)6-13(9)17-20-15(19)11-4-3-5-12(16)8-11/h3-8H,1-2H3/b17-13+. The van der Waals surface area contributed by atoms with Crippen molar-refractivity contribution in [1.29, 1.82) is 0 Å². The van der Waals surface area contributed by atoms with Crippen molar-refractivity contribution in [3.8, 4) is 0 Å². The molecular weight excluding hydrogens is 278 g/mol. The van der Waals surface area contributed by atoms with Crippen molar-refractivity contribution in [2.75, 3.05) is 0 Å². The lowest BCUT2D eigenvalue weighted by molar-refractivity contribution is -0.111. The summed E-state index contributed by atoms with van der Waals surface area (Å²) in [6.45, 7) is 3.41. The van der Waals surface area contributed by atoms with Crippen LogP contribution < -0.4 is 0 Å². The Morgan fingerprint density at radius 2 is 1.95 bits per heavy atom. The van der Waals surface area contributed by atoms with E-state index < -0.39 is 5.97 Å². The maximum absolute atomic E-state index is 11.8. The van der Waals surface area contributed by atoms with Crippen molar-refractivity contribution >= 4 is 29.1 Å². The molecule has 0 amide bonds. The number of allylic oxidation sites excluding steroid dienone is 4. The molecule has 0 bridgehead atoms. The van der Waals surface area contributed by atoms with Crippen LogP contribution in [-0.4, -0.2) is 17.5 Å². The number of nitrogens with zero attached hydrogens (tertiary/aromatic N) is 1. The van der Waals surface area contributed by atoms with E-state index in [9.17, 15) is 9.59 Å². The highest BCUT2D eigenvalue weighted by molar-refractivity contribution is 6.30. The molecule has 0 aromatic heterocycles. The van der Waals surface area contributed by atoms with E-state index in [0.29, 0.717) is 27.4 Å². The van der Waals surface area contributed by atoms with E-state index in [4.69, 9.17) is 16.4 Å². The zero-order valence-electron chi connectivity index (χ0n) is 11.0. The van der Waals surface area contributed by atoms with Crippen molar-refractivity contribution in [2.24, 2.45) is 5.16 Å². The smallest absolute Gasteiger partial charge is 0.312 e. The van der Waals surface area contributed by atoms with Crippen LogP contribution in [0.3, 0.4) is 0 Å². The van der Waals surface area contributed by atoms with Crippen molar-refractivity contribution in [3.05, 3.63) is 58.1 Å². The fraction of sp³-hybridized carbons (Fsp3) is 0.133. The zero-order chi connectivity index (χ0) is 14.7. The summed E-state index contributed by atoms with van der Waals surface area (Å²) in [6.07, 6.45) is 3.05. The van der Waals surface area contributed by atoms with Gasteiger partial charge in [-0.1, -0.05) is 22.8 Å². The molecule has 0 heterocycles. The molecule has 1 aromatic rings. The molecule has 1 aromatic carbocycles. The molecule has 0 saturated carbocycles. The summed E-state index contributed by atoms with van der Waals surface area (Å²) in [6, 6.07) is 6.40. The average molecular weight is 290 g/mol. The lowest BCUT2D eigenvalue weighted by atomic mass is 9.99. The summed E-state index contributed by atoms with van der Waals surface area (Å²) >= 11 is 5.80. The van der Waals surface area contributed by atoms with Crippen molar-refractivity contribution in [1.82, 2.24) is 0 Å². The molecular formula is C15H12ClNO3. The monoisotopic (exact) mass is 289 g/mol. The maximum Gasteiger partial charge on any atom is 0.365 e. The normalized spacial score (nSPS) is 16.8. The predicted molar refractivity (Wildman–Crippen MR) is 76.8 cm³/mol. The maximum atomic E-state index is 11.8. The summed E-state index contributed by atoms with van der Waals surface area (Å²) in [7, 11) is 0. The van der Waals surface area contributed by atoms with Crippen LogP contribution in [0.25, 0.3) is 0 Å². The Bertz CT molecular complexity index is 671. The van der Waals surface area contributed by atoms with Gasteiger partial charge in [0.2, 0.25) is 0 Å². The molecule has 0 N–H and O–H groups in total. The second-order valence-corrected chi connectivity index (χ2v) is 4.82. The minimum atomic E-state index is -0.601. The van der Waals surface area contributed by atoms with Crippen LogP contribution in [0.4, 0.5) is 0 Å². The Hall–Kier alpha value is -2.20. The van der Waals surface area contributed by atoms with Crippen LogP contribution in [0.15, 0.2) is 52.7 Å². The number of hydrogen-bond donors (Lipinski definition) is 0. The molecule has 0 saturated heterocycles. The zero-order valence-corrected chi connectivity index (χ0v) is 11.8. The molecule has 102 valence electrons. The van der Waals surface area contributed by atoms with Crippen molar-refractivity contribution in [3.63, 3.8) is 0 Å². The minimum absolute atomic E-state index is 0.0670. The predicted octanol–water partition coefficient (Wildman–Crippen LogP) is 3.33. The summed E-state index contributed by atoms with van der Waals surface area (Å²) < 4.78 is 0. The third kappa shape index (κ3) is 3.22. The summed E-state index contributed by atoms with van der Waals surface area (Å²) in [5.41, 5.74) is 1.97. The molecule has 20 heavy (non-hydrogen) atoms. The lowest BCUT2D eigenvalue weighted by Gasteiger charge is -2.08. The first-order valence-corrected chi connectivity index (χ1v) is 6.31. The number of carbonyl (C=O) groups is 2. The fourth-order valence-electron chi connectivity index (χ4n) is 1.63. The fourth-order valence-corrected chi connectivity index (χ4v) is 1.82. The SMILES string of the molecule is CC1=C/C(=N\OC(=O)c2cccc(Cl)c2)C(C)=CC1=O. The third-order valence-corrected chi connectivity index (χ3v) is 3.02. The first-order chi connectivity index (χ1) is 9.47. The Labute approximate surface area is 121 Å². The van der Waals surface area contributed by atoms with Gasteiger partial charge < -0.3 is 4.84 Å². The summed E-state index contributed by atoms with van der Waals surface area (Å²) in [5.74, 6) is -0.668. The number of benzene rings is 1. The van der Waals surface area contributed by atoms with E-state index in [2.05, 4.69) is 5.16 Å². The average Bonchev–Trinajstić information content (AvgIpc) is 2.41. The van der Waals surface area contributed by atoms with Gasteiger partial charge in [-0.2, -0.15) is 0 Å². The van der Waals surface area contributed by atoms with E-state index in [1.165, 1.54) is 12.1 Å². The quantitative estimate of drug-likeness (QED) is 0.477. The van der Waals surface area contributed by atoms with Gasteiger partial charge in [0.15, 0.2) is 5.78 Å². The first kappa shape index (κ1) is 14.2. The number of oxime groups is 1. The Morgan fingerprint density at radius 1 is 1.20 bits per heavy atom. The van der Waals surface area contributed by atoms with Crippen LogP contribution in [0.5, 0.6) is 0 Å². The van der Waals surface area contributed by atoms with Crippen LogP contribution in [0, 0.1) is 0 Å². The first-order valence-electron chi connectivity index (χ1n) is 5.93.